The average Bonchev–Trinajstić information content (AvgIpc) is 0.811. The van der Waals surface area contributed by atoms with Crippen LogP contribution < -0.4 is 0 Å². The zero-order valence-electron chi connectivity index (χ0n) is 1.58. The molecule has 0 aromatic rings. The van der Waals surface area contributed by atoms with Crippen LogP contribution in [0.4, 0.5) is 0 Å². The molecule has 0 atom stereocenters. The molecule has 0 saturated heterocycles. The van der Waals surface area contributed by atoms with Crippen molar-refractivity contribution < 1.29 is 26.7 Å². The number of hydrogen-bond acceptors (Lipinski definition) is 3. The molecule has 4 heteroatoms. The summed E-state index contributed by atoms with van der Waals surface area (Å²) in [5.74, 6) is 0. The SMILES string of the molecule is [O]=[Os](=[O])=[O]. The van der Waals surface area contributed by atoms with Crippen LogP contribution in [-0.4, -0.2) is 0 Å². The summed E-state index contributed by atoms with van der Waals surface area (Å²) in [4.78, 5) is 0. The molecule has 0 aromatic heterocycles. The van der Waals surface area contributed by atoms with Gasteiger partial charge in [0.15, 0.2) is 0 Å². The van der Waals surface area contributed by atoms with E-state index in [1.165, 1.54) is 0 Å². The van der Waals surface area contributed by atoms with E-state index >= 15 is 0 Å². The molecule has 0 aliphatic rings. The van der Waals surface area contributed by atoms with Crippen molar-refractivity contribution in [3.05, 3.63) is 0 Å². The Morgan fingerprint density at radius 1 is 1.00 bits per heavy atom. The van der Waals surface area contributed by atoms with E-state index in [1.54, 1.807) is 0 Å². The summed E-state index contributed by atoms with van der Waals surface area (Å²) in [6.45, 7) is 0. The Labute approximate surface area is 27.5 Å². The summed E-state index contributed by atoms with van der Waals surface area (Å²) >= 11 is -4.15. The third-order valence-corrected chi connectivity index (χ3v) is 0. The normalized spacial score (nSPS) is 8.25. The van der Waals surface area contributed by atoms with Crippen molar-refractivity contribution in [2.24, 2.45) is 0 Å². The van der Waals surface area contributed by atoms with Crippen molar-refractivity contribution in [1.82, 2.24) is 0 Å². The first-order chi connectivity index (χ1) is 1.73. The van der Waals surface area contributed by atoms with Crippen LogP contribution in [0.1, 0.15) is 0 Å². The molecule has 0 N–H and O–H groups in total. The first kappa shape index (κ1) is 4.04. The van der Waals surface area contributed by atoms with Gasteiger partial charge in [0, 0.05) is 0 Å². The Kier molecular flexibility index (Phi) is 1.38. The fourth-order valence-electron chi connectivity index (χ4n) is 0. The fourth-order valence-corrected chi connectivity index (χ4v) is 0. The molecule has 0 amide bonds. The molecule has 3 nitrogen and oxygen atoms in total. The second kappa shape index (κ2) is 1.37. The molecule has 26 valence electrons. The van der Waals surface area contributed by atoms with Crippen LogP contribution in [0.2, 0.25) is 0 Å². The second-order valence-electron chi connectivity index (χ2n) is 0.177. The predicted molar refractivity (Wildman–Crippen MR) is 2.06 cm³/mol. The predicted octanol–water partition coefficient (Wildman–Crippen LogP) is -0.359. The van der Waals surface area contributed by atoms with Gasteiger partial charge in [0.1, 0.15) is 0 Å². The van der Waals surface area contributed by atoms with Crippen molar-refractivity contribution in [3.63, 3.8) is 0 Å². The molecule has 0 unspecified atom stereocenters. The van der Waals surface area contributed by atoms with Gasteiger partial charge in [0.25, 0.3) is 0 Å². The summed E-state index contributed by atoms with van der Waals surface area (Å²) in [6, 6.07) is 0. The van der Waals surface area contributed by atoms with E-state index in [4.69, 9.17) is 10.6 Å². The van der Waals surface area contributed by atoms with Crippen LogP contribution in [0.15, 0.2) is 0 Å². The topological polar surface area (TPSA) is 51.2 Å². The Morgan fingerprint density at radius 3 is 1.00 bits per heavy atom. The molecule has 0 aromatic carbocycles. The molecular formula is O3Os. The maximum absolute atomic E-state index is 8.59. The molecule has 0 spiro atoms. The summed E-state index contributed by atoms with van der Waals surface area (Å²) in [6.07, 6.45) is 0. The zero-order chi connectivity index (χ0) is 3.58. The van der Waals surface area contributed by atoms with Gasteiger partial charge in [-0.05, 0) is 0 Å². The summed E-state index contributed by atoms with van der Waals surface area (Å²) in [5.41, 5.74) is 0. The van der Waals surface area contributed by atoms with Gasteiger partial charge >= 0.3 is 26.7 Å². The van der Waals surface area contributed by atoms with Crippen molar-refractivity contribution >= 4 is 0 Å². The Morgan fingerprint density at radius 2 is 1.00 bits per heavy atom. The molecule has 0 heterocycles. The Balaban J connectivity index is 4.65. The number of hydrogen-bond donors (Lipinski definition) is 0. The van der Waals surface area contributed by atoms with Crippen LogP contribution in [-0.2, 0) is 26.7 Å². The minimum absolute atomic E-state index is 4.15. The quantitative estimate of drug-likeness (QED) is 0.579. The first-order valence-corrected chi connectivity index (χ1v) is 3.54. The van der Waals surface area contributed by atoms with Crippen LogP contribution in [0.25, 0.3) is 0 Å². The maximum atomic E-state index is 8.59. The molecule has 0 radical (unpaired) electrons. The second-order valence-corrected chi connectivity index (χ2v) is 1.45. The van der Waals surface area contributed by atoms with E-state index in [1.807, 2.05) is 0 Å². The van der Waals surface area contributed by atoms with Crippen LogP contribution >= 0.6 is 0 Å². The Hall–Kier alpha value is 0.0364. The molecule has 0 aliphatic heterocycles. The van der Waals surface area contributed by atoms with Crippen molar-refractivity contribution in [2.75, 3.05) is 0 Å². The van der Waals surface area contributed by atoms with Crippen molar-refractivity contribution in [2.45, 2.75) is 0 Å². The first-order valence-electron chi connectivity index (χ1n) is 0.433. The minimum atomic E-state index is -4.15. The Bertz CT molecular complexity index is 72.7. The van der Waals surface area contributed by atoms with E-state index in [0.717, 1.165) is 0 Å². The van der Waals surface area contributed by atoms with Gasteiger partial charge in [-0.1, -0.05) is 0 Å². The van der Waals surface area contributed by atoms with Gasteiger partial charge in [-0.3, -0.25) is 0 Å². The van der Waals surface area contributed by atoms with Gasteiger partial charge in [-0.2, -0.15) is 0 Å². The molecular weight excluding hydrogens is 238 g/mol. The van der Waals surface area contributed by atoms with Gasteiger partial charge in [0.2, 0.25) is 0 Å². The average molecular weight is 238 g/mol. The van der Waals surface area contributed by atoms with Gasteiger partial charge in [-0.15, -0.1) is 0 Å². The standard InChI is InChI=1S/3O.Os. The molecule has 4 heavy (non-hydrogen) atoms. The van der Waals surface area contributed by atoms with Gasteiger partial charge in [-0.25, -0.2) is 0 Å². The monoisotopic (exact) mass is 240 g/mol. The van der Waals surface area contributed by atoms with Gasteiger partial charge < -0.3 is 0 Å². The van der Waals surface area contributed by atoms with E-state index in [2.05, 4.69) is 0 Å². The molecule has 0 rings (SSSR count). The van der Waals surface area contributed by atoms with E-state index in [9.17, 15) is 0 Å². The van der Waals surface area contributed by atoms with E-state index < -0.39 is 16.1 Å². The summed E-state index contributed by atoms with van der Waals surface area (Å²) in [7, 11) is 0. The van der Waals surface area contributed by atoms with Gasteiger partial charge in [0.05, 0.1) is 0 Å². The van der Waals surface area contributed by atoms with Crippen LogP contribution in [0, 0.1) is 0 Å². The van der Waals surface area contributed by atoms with Crippen molar-refractivity contribution in [3.8, 4) is 0 Å². The van der Waals surface area contributed by atoms with Crippen LogP contribution in [0.5, 0.6) is 0 Å². The third kappa shape index (κ3) is 1650. The van der Waals surface area contributed by atoms with E-state index in [-0.39, 0.29) is 0 Å². The molecule has 0 bridgehead atoms. The fraction of sp³-hybridized carbons (Fsp3) is 0. The summed E-state index contributed by atoms with van der Waals surface area (Å²) in [5, 5.41) is 0. The number of rotatable bonds is 0. The molecule has 0 fully saturated rings. The third-order valence-electron chi connectivity index (χ3n) is 0. The van der Waals surface area contributed by atoms with E-state index in [0.29, 0.717) is 0 Å². The van der Waals surface area contributed by atoms with Crippen LogP contribution in [0.3, 0.4) is 0 Å². The zero-order valence-corrected chi connectivity index (χ0v) is 4.12. The molecule has 0 aliphatic carbocycles. The summed E-state index contributed by atoms with van der Waals surface area (Å²) < 4.78 is 25.8. The molecule has 0 saturated carbocycles. The van der Waals surface area contributed by atoms with Crippen molar-refractivity contribution in [1.29, 1.82) is 0 Å².